The third kappa shape index (κ3) is 2.63. The van der Waals surface area contributed by atoms with Crippen molar-refractivity contribution in [2.75, 3.05) is 0 Å². The fourth-order valence-corrected chi connectivity index (χ4v) is 3.03. The van der Waals surface area contributed by atoms with Crippen LogP contribution < -0.4 is 0 Å². The van der Waals surface area contributed by atoms with Gasteiger partial charge < -0.3 is 0 Å². The predicted molar refractivity (Wildman–Crippen MR) is 69.7 cm³/mol. The molecule has 0 aliphatic heterocycles. The van der Waals surface area contributed by atoms with E-state index in [2.05, 4.69) is 48.0 Å². The molecular formula is C14H19Br. The van der Waals surface area contributed by atoms with Crippen LogP contribution in [-0.2, 0) is 6.42 Å². The average Bonchev–Trinajstić information content (AvgIpc) is 2.08. The summed E-state index contributed by atoms with van der Waals surface area (Å²) in [5.41, 5.74) is 4.29. The van der Waals surface area contributed by atoms with E-state index in [4.69, 9.17) is 0 Å². The number of hydrogen-bond donors (Lipinski definition) is 0. The van der Waals surface area contributed by atoms with E-state index in [-0.39, 0.29) is 0 Å². The second-order valence-electron chi connectivity index (χ2n) is 4.83. The van der Waals surface area contributed by atoms with Gasteiger partial charge in [0, 0.05) is 4.83 Å². The maximum absolute atomic E-state index is 3.83. The molecule has 0 amide bonds. The van der Waals surface area contributed by atoms with Crippen LogP contribution in [0.5, 0.6) is 0 Å². The van der Waals surface area contributed by atoms with E-state index >= 15 is 0 Å². The number of rotatable bonds is 3. The first kappa shape index (κ1) is 11.2. The summed E-state index contributed by atoms with van der Waals surface area (Å²) < 4.78 is 0. The highest BCUT2D eigenvalue weighted by Crippen LogP contribution is 2.35. The minimum absolute atomic E-state index is 0.688. The molecule has 0 nitrogen and oxygen atoms in total. The van der Waals surface area contributed by atoms with Crippen molar-refractivity contribution in [2.24, 2.45) is 5.92 Å². The monoisotopic (exact) mass is 266 g/mol. The van der Waals surface area contributed by atoms with Gasteiger partial charge >= 0.3 is 0 Å². The van der Waals surface area contributed by atoms with Gasteiger partial charge in [0.1, 0.15) is 0 Å². The Balaban J connectivity index is 2.00. The zero-order valence-corrected chi connectivity index (χ0v) is 11.2. The molecule has 1 fully saturated rings. The summed E-state index contributed by atoms with van der Waals surface area (Å²) in [4.78, 5) is 0.688. The minimum atomic E-state index is 0.688. The fourth-order valence-electron chi connectivity index (χ4n) is 2.12. The Hall–Kier alpha value is -0.300. The molecule has 0 spiro atoms. The van der Waals surface area contributed by atoms with Crippen molar-refractivity contribution in [3.8, 4) is 0 Å². The molecule has 0 radical (unpaired) electrons. The van der Waals surface area contributed by atoms with E-state index in [1.807, 2.05) is 0 Å². The Morgan fingerprint density at radius 3 is 2.53 bits per heavy atom. The number of halogens is 1. The van der Waals surface area contributed by atoms with Crippen LogP contribution in [0.4, 0.5) is 0 Å². The van der Waals surface area contributed by atoms with E-state index in [0.717, 1.165) is 5.92 Å². The van der Waals surface area contributed by atoms with E-state index in [9.17, 15) is 0 Å². The molecule has 0 N–H and O–H groups in total. The first-order valence-electron chi connectivity index (χ1n) is 5.87. The molecule has 0 bridgehead atoms. The van der Waals surface area contributed by atoms with Crippen LogP contribution in [0, 0.1) is 19.8 Å². The first-order valence-corrected chi connectivity index (χ1v) is 6.78. The van der Waals surface area contributed by atoms with Crippen LogP contribution in [0.25, 0.3) is 0 Å². The van der Waals surface area contributed by atoms with Gasteiger partial charge in [0.15, 0.2) is 0 Å². The van der Waals surface area contributed by atoms with Crippen LogP contribution in [0.1, 0.15) is 36.0 Å². The minimum Gasteiger partial charge on any atom is -0.0884 e. The van der Waals surface area contributed by atoms with Gasteiger partial charge in [-0.15, -0.1) is 0 Å². The van der Waals surface area contributed by atoms with Gasteiger partial charge in [0.05, 0.1) is 0 Å². The molecule has 82 valence electrons. The smallest absolute Gasteiger partial charge is 0.0214 e. The maximum atomic E-state index is 3.83. The molecular weight excluding hydrogens is 248 g/mol. The fraction of sp³-hybridized carbons (Fsp3) is 0.571. The van der Waals surface area contributed by atoms with Gasteiger partial charge in [0.2, 0.25) is 0 Å². The quantitative estimate of drug-likeness (QED) is 0.711. The molecule has 1 aromatic carbocycles. The van der Waals surface area contributed by atoms with Crippen molar-refractivity contribution in [3.63, 3.8) is 0 Å². The van der Waals surface area contributed by atoms with E-state index in [1.54, 1.807) is 0 Å². The molecule has 1 aliphatic rings. The van der Waals surface area contributed by atoms with E-state index in [0.29, 0.717) is 4.83 Å². The highest BCUT2D eigenvalue weighted by Gasteiger charge is 2.25. The molecule has 0 heterocycles. The lowest BCUT2D eigenvalue weighted by Gasteiger charge is -2.30. The van der Waals surface area contributed by atoms with Gasteiger partial charge in [-0.1, -0.05) is 40.5 Å². The second kappa shape index (κ2) is 4.69. The van der Waals surface area contributed by atoms with Gasteiger partial charge in [-0.25, -0.2) is 0 Å². The average molecular weight is 267 g/mol. The largest absolute Gasteiger partial charge is 0.0884 e. The van der Waals surface area contributed by atoms with Crippen molar-refractivity contribution >= 4 is 15.9 Å². The Morgan fingerprint density at radius 2 is 2.00 bits per heavy atom. The Labute approximate surface area is 101 Å². The topological polar surface area (TPSA) is 0 Å². The molecule has 1 saturated carbocycles. The summed E-state index contributed by atoms with van der Waals surface area (Å²) in [6, 6.07) is 6.85. The van der Waals surface area contributed by atoms with Crippen LogP contribution in [-0.4, -0.2) is 4.83 Å². The third-order valence-electron chi connectivity index (χ3n) is 3.66. The van der Waals surface area contributed by atoms with Crippen LogP contribution >= 0.6 is 15.9 Å². The van der Waals surface area contributed by atoms with Gasteiger partial charge in [-0.2, -0.15) is 0 Å². The zero-order valence-electron chi connectivity index (χ0n) is 9.59. The van der Waals surface area contributed by atoms with Gasteiger partial charge in [-0.05, 0) is 55.7 Å². The normalized spacial score (nSPS) is 18.6. The Bertz CT molecular complexity index is 339. The summed E-state index contributed by atoms with van der Waals surface area (Å²) in [5.74, 6) is 0.923. The van der Waals surface area contributed by atoms with E-state index in [1.165, 1.54) is 42.4 Å². The molecule has 1 aliphatic carbocycles. The molecule has 2 rings (SSSR count). The second-order valence-corrected chi connectivity index (χ2v) is 6.01. The standard InChI is InChI=1S/C14H19Br/c1-10-6-7-12(8-11(10)2)9-14(15)13-4-3-5-13/h6-8,13-14H,3-5,9H2,1-2H3. The number of aryl methyl sites for hydroxylation is 2. The lowest BCUT2D eigenvalue weighted by Crippen LogP contribution is -2.23. The predicted octanol–water partition coefficient (Wildman–Crippen LogP) is 4.41. The lowest BCUT2D eigenvalue weighted by atomic mass is 9.81. The van der Waals surface area contributed by atoms with Crippen molar-refractivity contribution in [1.82, 2.24) is 0 Å². The van der Waals surface area contributed by atoms with Crippen molar-refractivity contribution < 1.29 is 0 Å². The van der Waals surface area contributed by atoms with E-state index < -0.39 is 0 Å². The summed E-state index contributed by atoms with van der Waals surface area (Å²) in [6.45, 7) is 4.38. The Kier molecular flexibility index (Phi) is 3.50. The summed E-state index contributed by atoms with van der Waals surface area (Å²) in [5, 5.41) is 0. The van der Waals surface area contributed by atoms with Crippen molar-refractivity contribution in [2.45, 2.75) is 44.4 Å². The third-order valence-corrected chi connectivity index (χ3v) is 4.73. The molecule has 1 aromatic rings. The SMILES string of the molecule is Cc1ccc(CC(Br)C2CCC2)cc1C. The molecule has 1 heteroatoms. The van der Waals surface area contributed by atoms with Crippen LogP contribution in [0.15, 0.2) is 18.2 Å². The number of hydrogen-bond acceptors (Lipinski definition) is 0. The molecule has 1 unspecified atom stereocenters. The highest BCUT2D eigenvalue weighted by molar-refractivity contribution is 9.09. The molecule has 1 atom stereocenters. The van der Waals surface area contributed by atoms with Crippen LogP contribution in [0.3, 0.4) is 0 Å². The highest BCUT2D eigenvalue weighted by atomic mass is 79.9. The van der Waals surface area contributed by atoms with Crippen molar-refractivity contribution in [1.29, 1.82) is 0 Å². The van der Waals surface area contributed by atoms with Gasteiger partial charge in [-0.3, -0.25) is 0 Å². The number of benzene rings is 1. The number of alkyl halides is 1. The Morgan fingerprint density at radius 1 is 1.27 bits per heavy atom. The summed E-state index contributed by atoms with van der Waals surface area (Å²) in [7, 11) is 0. The summed E-state index contributed by atoms with van der Waals surface area (Å²) in [6.07, 6.45) is 5.45. The van der Waals surface area contributed by atoms with Crippen molar-refractivity contribution in [3.05, 3.63) is 34.9 Å². The lowest BCUT2D eigenvalue weighted by molar-refractivity contribution is 0.308. The maximum Gasteiger partial charge on any atom is 0.0214 e. The van der Waals surface area contributed by atoms with Crippen LogP contribution in [0.2, 0.25) is 0 Å². The summed E-state index contributed by atoms with van der Waals surface area (Å²) >= 11 is 3.83. The zero-order chi connectivity index (χ0) is 10.8. The first-order chi connectivity index (χ1) is 7.16. The molecule has 0 saturated heterocycles. The molecule has 0 aromatic heterocycles. The van der Waals surface area contributed by atoms with Gasteiger partial charge in [0.25, 0.3) is 0 Å². The molecule has 15 heavy (non-hydrogen) atoms.